The van der Waals surface area contributed by atoms with Gasteiger partial charge in [0.15, 0.2) is 0 Å². The predicted octanol–water partition coefficient (Wildman–Crippen LogP) is 2.94. The lowest BCUT2D eigenvalue weighted by molar-refractivity contribution is 0.0625. The summed E-state index contributed by atoms with van der Waals surface area (Å²) >= 11 is 0. The number of nitrogens with two attached hydrogens (primary N) is 1. The lowest BCUT2D eigenvalue weighted by Crippen LogP contribution is -2.42. The van der Waals surface area contributed by atoms with Gasteiger partial charge in [0.1, 0.15) is 5.82 Å². The van der Waals surface area contributed by atoms with Gasteiger partial charge >= 0.3 is 0 Å². The zero-order valence-corrected chi connectivity index (χ0v) is 12.5. The van der Waals surface area contributed by atoms with E-state index in [0.717, 1.165) is 24.0 Å². The molecule has 1 amide bonds. The summed E-state index contributed by atoms with van der Waals surface area (Å²) in [5, 5.41) is 0.877. The number of aromatic nitrogens is 1. The van der Waals surface area contributed by atoms with Crippen LogP contribution in [0.3, 0.4) is 0 Å². The van der Waals surface area contributed by atoms with Gasteiger partial charge in [0, 0.05) is 18.5 Å². The van der Waals surface area contributed by atoms with Crippen molar-refractivity contribution in [2.75, 3.05) is 18.8 Å². The third-order valence-corrected chi connectivity index (χ3v) is 4.12. The number of pyridine rings is 1. The highest BCUT2D eigenvalue weighted by atomic mass is 16.2. The number of carbonyl (C=O) groups excluding carboxylic acids is 1. The van der Waals surface area contributed by atoms with E-state index in [2.05, 4.69) is 18.8 Å². The van der Waals surface area contributed by atoms with Gasteiger partial charge in [-0.25, -0.2) is 4.98 Å². The van der Waals surface area contributed by atoms with Crippen molar-refractivity contribution in [1.82, 2.24) is 9.88 Å². The van der Waals surface area contributed by atoms with E-state index in [9.17, 15) is 4.79 Å². The SMILES string of the molecule is CC1CC(C)CN(C(=O)c2cc(N)nc3ccccc23)C1. The standard InChI is InChI=1S/C17H21N3O/c1-11-7-12(2)10-20(9-11)17(21)14-8-16(18)19-15-6-4-3-5-13(14)15/h3-6,8,11-12H,7,9-10H2,1-2H3,(H2,18,19). The van der Waals surface area contributed by atoms with Gasteiger partial charge in [-0.2, -0.15) is 0 Å². The van der Waals surface area contributed by atoms with Crippen molar-refractivity contribution in [2.45, 2.75) is 20.3 Å². The molecule has 1 aliphatic rings. The van der Waals surface area contributed by atoms with Crippen LogP contribution in [-0.2, 0) is 0 Å². The van der Waals surface area contributed by atoms with Crippen LogP contribution in [0.4, 0.5) is 5.82 Å². The summed E-state index contributed by atoms with van der Waals surface area (Å²) in [5.41, 5.74) is 7.31. The Balaban J connectivity index is 2.01. The Morgan fingerprint density at radius 2 is 1.90 bits per heavy atom. The number of para-hydroxylation sites is 1. The van der Waals surface area contributed by atoms with Crippen LogP contribution in [0.1, 0.15) is 30.6 Å². The van der Waals surface area contributed by atoms with E-state index in [1.165, 1.54) is 6.42 Å². The van der Waals surface area contributed by atoms with E-state index in [4.69, 9.17) is 5.73 Å². The molecule has 1 saturated heterocycles. The van der Waals surface area contributed by atoms with Crippen LogP contribution < -0.4 is 5.73 Å². The minimum atomic E-state index is 0.0682. The van der Waals surface area contributed by atoms with E-state index in [-0.39, 0.29) is 5.91 Å². The minimum absolute atomic E-state index is 0.0682. The Morgan fingerprint density at radius 1 is 1.24 bits per heavy atom. The molecule has 4 heteroatoms. The second kappa shape index (κ2) is 5.35. The molecule has 0 spiro atoms. The van der Waals surface area contributed by atoms with Gasteiger partial charge in [0.05, 0.1) is 11.1 Å². The summed E-state index contributed by atoms with van der Waals surface area (Å²) in [6, 6.07) is 9.37. The summed E-state index contributed by atoms with van der Waals surface area (Å²) in [6.07, 6.45) is 1.18. The highest BCUT2D eigenvalue weighted by Crippen LogP contribution is 2.26. The third-order valence-electron chi connectivity index (χ3n) is 4.12. The first kappa shape index (κ1) is 13.9. The van der Waals surface area contributed by atoms with Crippen molar-refractivity contribution in [3.63, 3.8) is 0 Å². The molecule has 0 radical (unpaired) electrons. The van der Waals surface area contributed by atoms with Crippen molar-refractivity contribution in [2.24, 2.45) is 11.8 Å². The largest absolute Gasteiger partial charge is 0.384 e. The maximum absolute atomic E-state index is 12.9. The molecule has 1 aromatic carbocycles. The molecule has 110 valence electrons. The van der Waals surface area contributed by atoms with Crippen LogP contribution in [0.2, 0.25) is 0 Å². The lowest BCUT2D eigenvalue weighted by atomic mass is 9.91. The van der Waals surface area contributed by atoms with E-state index in [1.807, 2.05) is 29.2 Å². The molecule has 1 fully saturated rings. The molecular formula is C17H21N3O. The van der Waals surface area contributed by atoms with Gasteiger partial charge in [-0.1, -0.05) is 32.0 Å². The van der Waals surface area contributed by atoms with Crippen molar-refractivity contribution in [1.29, 1.82) is 0 Å². The number of amides is 1. The number of nitrogens with zero attached hydrogens (tertiary/aromatic N) is 2. The van der Waals surface area contributed by atoms with Gasteiger partial charge in [0.2, 0.25) is 0 Å². The van der Waals surface area contributed by atoms with Gasteiger partial charge in [-0.05, 0) is 30.4 Å². The molecule has 2 heterocycles. The quantitative estimate of drug-likeness (QED) is 0.875. The first-order valence-corrected chi connectivity index (χ1v) is 7.49. The van der Waals surface area contributed by atoms with E-state index >= 15 is 0 Å². The molecule has 2 N–H and O–H groups in total. The molecular weight excluding hydrogens is 262 g/mol. The fourth-order valence-electron chi connectivity index (χ4n) is 3.37. The third kappa shape index (κ3) is 2.71. The molecule has 2 aromatic rings. The molecule has 1 aromatic heterocycles. The Kier molecular flexibility index (Phi) is 3.53. The monoisotopic (exact) mass is 283 g/mol. The number of likely N-dealkylation sites (tertiary alicyclic amines) is 1. The number of rotatable bonds is 1. The summed E-state index contributed by atoms with van der Waals surface area (Å²) in [5.74, 6) is 1.56. The van der Waals surface area contributed by atoms with Gasteiger partial charge < -0.3 is 10.6 Å². The Hall–Kier alpha value is -2.10. The summed E-state index contributed by atoms with van der Waals surface area (Å²) in [7, 11) is 0. The number of hydrogen-bond acceptors (Lipinski definition) is 3. The average Bonchev–Trinajstić information content (AvgIpc) is 2.44. The van der Waals surface area contributed by atoms with Crippen LogP contribution in [0, 0.1) is 11.8 Å². The summed E-state index contributed by atoms with van der Waals surface area (Å²) in [6.45, 7) is 6.05. The number of carbonyl (C=O) groups is 1. The molecule has 0 aliphatic carbocycles. The smallest absolute Gasteiger partial charge is 0.254 e. The molecule has 0 bridgehead atoms. The predicted molar refractivity (Wildman–Crippen MR) is 85.0 cm³/mol. The summed E-state index contributed by atoms with van der Waals surface area (Å²) in [4.78, 5) is 19.2. The van der Waals surface area contributed by atoms with Gasteiger partial charge in [-0.15, -0.1) is 0 Å². The average molecular weight is 283 g/mol. The zero-order valence-electron chi connectivity index (χ0n) is 12.5. The molecule has 21 heavy (non-hydrogen) atoms. The molecule has 1 aliphatic heterocycles. The first-order chi connectivity index (χ1) is 10.0. The number of hydrogen-bond donors (Lipinski definition) is 1. The van der Waals surface area contributed by atoms with Gasteiger partial charge in [-0.3, -0.25) is 4.79 Å². The van der Waals surface area contributed by atoms with Crippen molar-refractivity contribution >= 4 is 22.6 Å². The van der Waals surface area contributed by atoms with Crippen LogP contribution in [0.15, 0.2) is 30.3 Å². The van der Waals surface area contributed by atoms with Crippen molar-refractivity contribution in [3.8, 4) is 0 Å². The Morgan fingerprint density at radius 3 is 2.62 bits per heavy atom. The topological polar surface area (TPSA) is 59.2 Å². The van der Waals surface area contributed by atoms with Crippen LogP contribution in [0.25, 0.3) is 10.9 Å². The fraction of sp³-hybridized carbons (Fsp3) is 0.412. The van der Waals surface area contributed by atoms with Crippen LogP contribution in [-0.4, -0.2) is 28.9 Å². The summed E-state index contributed by atoms with van der Waals surface area (Å²) < 4.78 is 0. The first-order valence-electron chi connectivity index (χ1n) is 7.49. The number of piperidine rings is 1. The lowest BCUT2D eigenvalue weighted by Gasteiger charge is -2.35. The Labute approximate surface area is 125 Å². The number of nitrogen functional groups attached to an aromatic ring is 1. The highest BCUT2D eigenvalue weighted by Gasteiger charge is 2.27. The zero-order chi connectivity index (χ0) is 15.0. The molecule has 4 nitrogen and oxygen atoms in total. The molecule has 0 saturated carbocycles. The fourth-order valence-corrected chi connectivity index (χ4v) is 3.37. The second-order valence-electron chi connectivity index (χ2n) is 6.27. The highest BCUT2D eigenvalue weighted by molar-refractivity contribution is 6.06. The second-order valence-corrected chi connectivity index (χ2v) is 6.27. The van der Waals surface area contributed by atoms with E-state index in [0.29, 0.717) is 23.2 Å². The molecule has 2 atom stereocenters. The van der Waals surface area contributed by atoms with Crippen LogP contribution >= 0.6 is 0 Å². The number of fused-ring (bicyclic) bond motifs is 1. The van der Waals surface area contributed by atoms with E-state index in [1.54, 1.807) is 6.07 Å². The van der Waals surface area contributed by atoms with Gasteiger partial charge in [0.25, 0.3) is 5.91 Å². The van der Waals surface area contributed by atoms with Crippen molar-refractivity contribution in [3.05, 3.63) is 35.9 Å². The molecule has 3 rings (SSSR count). The van der Waals surface area contributed by atoms with Crippen molar-refractivity contribution < 1.29 is 4.79 Å². The number of anilines is 1. The normalized spacial score (nSPS) is 22.5. The molecule has 2 unspecified atom stereocenters. The maximum Gasteiger partial charge on any atom is 0.254 e. The number of benzene rings is 1. The van der Waals surface area contributed by atoms with E-state index < -0.39 is 0 Å². The maximum atomic E-state index is 12.9. The van der Waals surface area contributed by atoms with Crippen LogP contribution in [0.5, 0.6) is 0 Å². The Bertz CT molecular complexity index is 673. The minimum Gasteiger partial charge on any atom is -0.384 e.